The molecule has 0 radical (unpaired) electrons. The molecule has 3 aromatic carbocycles. The summed E-state index contributed by atoms with van der Waals surface area (Å²) in [6, 6.07) is 11.9. The molecule has 1 N–H and O–H groups in total. The topological polar surface area (TPSA) is 64.3 Å². The maximum atomic E-state index is 13.6. The minimum Gasteiger partial charge on any atom is -0.504 e. The molecule has 0 aliphatic carbocycles. The van der Waals surface area contributed by atoms with Crippen molar-refractivity contribution < 1.29 is 36.2 Å². The summed E-state index contributed by atoms with van der Waals surface area (Å²) in [5.41, 5.74) is -4.61. The fraction of sp³-hybridized carbons (Fsp3) is 0.120. The first kappa shape index (κ1) is 24.8. The minimum atomic E-state index is -5.34. The number of para-hydroxylation sites is 2. The Morgan fingerprint density at radius 2 is 1.58 bits per heavy atom. The van der Waals surface area contributed by atoms with Gasteiger partial charge in [-0.3, -0.25) is 9.36 Å². The van der Waals surface area contributed by atoms with Crippen LogP contribution in [0.4, 0.5) is 26.3 Å². The number of methoxy groups -OCH3 is 1. The van der Waals surface area contributed by atoms with Crippen molar-refractivity contribution >= 4 is 23.1 Å². The average molecular weight is 506 g/mol. The Balaban J connectivity index is 1.99. The van der Waals surface area contributed by atoms with Gasteiger partial charge in [0.05, 0.1) is 34.8 Å². The number of hydrogen-bond donors (Lipinski definition) is 1. The lowest BCUT2D eigenvalue weighted by molar-refractivity contribution is -0.162. The van der Waals surface area contributed by atoms with E-state index in [2.05, 4.69) is 4.98 Å². The number of aromatic nitrogens is 2. The maximum absolute atomic E-state index is 13.6. The van der Waals surface area contributed by atoms with E-state index in [-0.39, 0.29) is 45.9 Å². The van der Waals surface area contributed by atoms with Gasteiger partial charge in [-0.15, -0.1) is 0 Å². The third-order valence-corrected chi connectivity index (χ3v) is 5.34. The summed E-state index contributed by atoms with van der Waals surface area (Å²) in [5, 5.41) is 10.4. The van der Waals surface area contributed by atoms with Gasteiger partial charge in [-0.05, 0) is 48.6 Å². The largest absolute Gasteiger partial charge is 0.504 e. The van der Waals surface area contributed by atoms with Crippen LogP contribution >= 0.6 is 0 Å². The number of aromatic hydroxyl groups is 1. The van der Waals surface area contributed by atoms with Crippen molar-refractivity contribution in [3.8, 4) is 17.2 Å². The highest BCUT2D eigenvalue weighted by atomic mass is 19.4. The molecule has 0 spiro atoms. The predicted molar refractivity (Wildman–Crippen MR) is 121 cm³/mol. The second-order valence-electron chi connectivity index (χ2n) is 7.58. The van der Waals surface area contributed by atoms with E-state index >= 15 is 0 Å². The van der Waals surface area contributed by atoms with E-state index in [1.54, 1.807) is 12.1 Å². The highest BCUT2D eigenvalue weighted by Gasteiger charge is 2.43. The Kier molecular flexibility index (Phi) is 6.25. The summed E-state index contributed by atoms with van der Waals surface area (Å²) >= 11 is 0. The first-order chi connectivity index (χ1) is 16.9. The van der Waals surface area contributed by atoms with E-state index in [0.29, 0.717) is 0 Å². The molecule has 0 bridgehead atoms. The van der Waals surface area contributed by atoms with E-state index < -0.39 is 34.7 Å². The second-order valence-corrected chi connectivity index (χ2v) is 7.58. The van der Waals surface area contributed by atoms with Crippen molar-refractivity contribution in [3.63, 3.8) is 0 Å². The Bertz CT molecular complexity index is 1540. The highest BCUT2D eigenvalue weighted by molar-refractivity contribution is 5.80. The number of fused-ring (bicyclic) bond motifs is 1. The van der Waals surface area contributed by atoms with Gasteiger partial charge in [0.2, 0.25) is 0 Å². The number of benzene rings is 3. The predicted octanol–water partition coefficient (Wildman–Crippen LogP) is 6.31. The molecule has 0 unspecified atom stereocenters. The van der Waals surface area contributed by atoms with Gasteiger partial charge in [-0.25, -0.2) is 4.98 Å². The number of phenolic OH excluding ortho intramolecular Hbond substituents is 1. The molecule has 1 heterocycles. The van der Waals surface area contributed by atoms with Crippen molar-refractivity contribution in [1.29, 1.82) is 0 Å². The molecule has 4 rings (SSSR count). The Morgan fingerprint density at radius 3 is 2.25 bits per heavy atom. The van der Waals surface area contributed by atoms with E-state index in [1.165, 1.54) is 49.6 Å². The van der Waals surface area contributed by atoms with Crippen LogP contribution < -0.4 is 10.3 Å². The molecule has 5 nitrogen and oxygen atoms in total. The molecule has 4 aromatic rings. The van der Waals surface area contributed by atoms with E-state index in [4.69, 9.17) is 4.74 Å². The van der Waals surface area contributed by atoms with Gasteiger partial charge >= 0.3 is 12.4 Å². The number of ether oxygens (including phenoxy) is 1. The van der Waals surface area contributed by atoms with Crippen molar-refractivity contribution in [3.05, 3.63) is 93.5 Å². The van der Waals surface area contributed by atoms with E-state index in [1.807, 2.05) is 0 Å². The van der Waals surface area contributed by atoms with Gasteiger partial charge in [0, 0.05) is 5.56 Å². The van der Waals surface area contributed by atoms with Gasteiger partial charge in [0.1, 0.15) is 5.82 Å². The summed E-state index contributed by atoms with van der Waals surface area (Å²) < 4.78 is 86.3. The number of halogens is 6. The fourth-order valence-corrected chi connectivity index (χ4v) is 3.67. The summed E-state index contributed by atoms with van der Waals surface area (Å²) in [6.45, 7) is 0. The van der Waals surface area contributed by atoms with Crippen LogP contribution in [0.3, 0.4) is 0 Å². The summed E-state index contributed by atoms with van der Waals surface area (Å²) in [4.78, 5) is 17.6. The van der Waals surface area contributed by atoms with Crippen molar-refractivity contribution in [2.24, 2.45) is 0 Å². The van der Waals surface area contributed by atoms with Gasteiger partial charge in [0.25, 0.3) is 5.56 Å². The molecule has 0 aliphatic heterocycles. The van der Waals surface area contributed by atoms with Crippen LogP contribution in [0.1, 0.15) is 22.5 Å². The normalized spacial score (nSPS) is 12.4. The number of nitrogens with zero attached hydrogens (tertiary/aromatic N) is 2. The molecular weight excluding hydrogens is 490 g/mol. The number of hydrogen-bond acceptors (Lipinski definition) is 4. The van der Waals surface area contributed by atoms with E-state index in [9.17, 15) is 36.2 Å². The van der Waals surface area contributed by atoms with Crippen LogP contribution in [0.5, 0.6) is 11.5 Å². The molecule has 0 saturated heterocycles. The Morgan fingerprint density at radius 1 is 0.889 bits per heavy atom. The fourth-order valence-electron chi connectivity index (χ4n) is 3.67. The van der Waals surface area contributed by atoms with Crippen LogP contribution in [-0.2, 0) is 12.4 Å². The van der Waals surface area contributed by atoms with Crippen molar-refractivity contribution in [2.75, 3.05) is 7.11 Å². The summed E-state index contributed by atoms with van der Waals surface area (Å²) in [5.74, 6) is -0.257. The molecular formula is C25H16F6N2O3. The van der Waals surface area contributed by atoms with Crippen LogP contribution in [0, 0.1) is 0 Å². The zero-order valence-electron chi connectivity index (χ0n) is 18.4. The smallest absolute Gasteiger partial charge is 0.417 e. The zero-order chi connectivity index (χ0) is 26.3. The maximum Gasteiger partial charge on any atom is 0.417 e. The molecule has 11 heteroatoms. The molecule has 0 amide bonds. The molecule has 0 aliphatic rings. The number of rotatable bonds is 4. The van der Waals surface area contributed by atoms with Crippen LogP contribution in [0.15, 0.2) is 65.5 Å². The first-order valence-electron chi connectivity index (χ1n) is 10.3. The number of alkyl halides is 6. The SMILES string of the molecule is COc1cccc(C=Cc2nc3ccccc3c(=O)n2-c2ccc(C(F)(F)F)c(C(F)(F)F)c2)c1O. The molecule has 0 fully saturated rings. The van der Waals surface area contributed by atoms with Crippen molar-refractivity contribution in [2.45, 2.75) is 12.4 Å². The third-order valence-electron chi connectivity index (χ3n) is 5.34. The van der Waals surface area contributed by atoms with Gasteiger partial charge < -0.3 is 9.84 Å². The Labute approximate surface area is 199 Å². The van der Waals surface area contributed by atoms with E-state index in [0.717, 1.165) is 10.6 Å². The quantitative estimate of drug-likeness (QED) is 0.330. The van der Waals surface area contributed by atoms with Crippen molar-refractivity contribution in [1.82, 2.24) is 9.55 Å². The highest BCUT2D eigenvalue weighted by Crippen LogP contribution is 2.41. The third kappa shape index (κ3) is 4.64. The summed E-state index contributed by atoms with van der Waals surface area (Å²) in [6.07, 6.45) is -7.99. The van der Waals surface area contributed by atoms with Crippen LogP contribution in [0.2, 0.25) is 0 Å². The lowest BCUT2D eigenvalue weighted by Gasteiger charge is -2.18. The van der Waals surface area contributed by atoms with Gasteiger partial charge in [-0.1, -0.05) is 24.3 Å². The monoisotopic (exact) mass is 506 g/mol. The second kappa shape index (κ2) is 9.06. The van der Waals surface area contributed by atoms with Crippen LogP contribution in [-0.4, -0.2) is 21.8 Å². The van der Waals surface area contributed by atoms with Crippen LogP contribution in [0.25, 0.3) is 28.7 Å². The lowest BCUT2D eigenvalue weighted by Crippen LogP contribution is -2.24. The van der Waals surface area contributed by atoms with Gasteiger partial charge in [-0.2, -0.15) is 26.3 Å². The summed E-state index contributed by atoms with van der Waals surface area (Å²) in [7, 11) is 1.34. The average Bonchev–Trinajstić information content (AvgIpc) is 2.82. The molecule has 0 atom stereocenters. The molecule has 1 aromatic heterocycles. The number of phenols is 1. The van der Waals surface area contributed by atoms with Gasteiger partial charge in [0.15, 0.2) is 11.5 Å². The molecule has 186 valence electrons. The first-order valence-corrected chi connectivity index (χ1v) is 10.3. The standard InChI is InChI=1S/C25H16F6N2O3/c1-36-20-8-4-5-14(22(20)34)9-12-21-32-19-7-3-2-6-16(19)23(35)33(21)15-10-11-17(24(26,27)28)18(13-15)25(29,30)31/h2-13,34H,1H3. The molecule has 36 heavy (non-hydrogen) atoms. The molecule has 0 saturated carbocycles. The zero-order valence-corrected chi connectivity index (χ0v) is 18.4. The minimum absolute atomic E-state index is 0.0485. The lowest BCUT2D eigenvalue weighted by atomic mass is 10.0. The Hall–Kier alpha value is -4.28.